The number of aromatic amines is 1. The van der Waals surface area contributed by atoms with E-state index in [0.29, 0.717) is 28.0 Å². The summed E-state index contributed by atoms with van der Waals surface area (Å²) in [5.74, 6) is 0.955. The Hall–Kier alpha value is -4.21. The molecule has 11 heteroatoms. The topological polar surface area (TPSA) is 111 Å². The molecule has 0 spiro atoms. The van der Waals surface area contributed by atoms with Crippen molar-refractivity contribution in [2.24, 2.45) is 0 Å². The highest BCUT2D eigenvalue weighted by molar-refractivity contribution is 6.42. The first-order chi connectivity index (χ1) is 18.0. The van der Waals surface area contributed by atoms with Gasteiger partial charge in [-0.2, -0.15) is 10.3 Å². The molecular weight excluding hydrogens is 513 g/mol. The van der Waals surface area contributed by atoms with Gasteiger partial charge in [0.15, 0.2) is 5.82 Å². The van der Waals surface area contributed by atoms with E-state index in [1.165, 1.54) is 0 Å². The molecule has 0 atom stereocenters. The molecule has 0 aliphatic rings. The number of amides is 1. The summed E-state index contributed by atoms with van der Waals surface area (Å²) in [5, 5.41) is 22.1. The number of nitrogens with one attached hydrogen (secondary N) is 2. The van der Waals surface area contributed by atoms with Gasteiger partial charge in [-0.25, -0.2) is 0 Å². The van der Waals surface area contributed by atoms with Gasteiger partial charge >= 0.3 is 0 Å². The van der Waals surface area contributed by atoms with Crippen LogP contribution in [0, 0.1) is 0 Å². The third kappa shape index (κ3) is 5.63. The predicted octanol–water partition coefficient (Wildman–Crippen LogP) is 5.02. The highest BCUT2D eigenvalue weighted by Gasteiger charge is 2.14. The first-order valence-corrected chi connectivity index (χ1v) is 12.0. The van der Waals surface area contributed by atoms with Crippen molar-refractivity contribution in [3.63, 3.8) is 0 Å². The summed E-state index contributed by atoms with van der Waals surface area (Å²) in [5.41, 5.74) is 5.04. The second-order valence-electron chi connectivity index (χ2n) is 8.14. The molecule has 3 aromatic carbocycles. The second-order valence-corrected chi connectivity index (χ2v) is 8.95. The van der Waals surface area contributed by atoms with Crippen LogP contribution in [0.4, 0.5) is 0 Å². The maximum absolute atomic E-state index is 12.5. The average Bonchev–Trinajstić information content (AvgIpc) is 3.60. The van der Waals surface area contributed by atoms with Gasteiger partial charge in [-0.1, -0.05) is 46.6 Å². The molecule has 0 aliphatic carbocycles. The number of nitrogens with zero attached hydrogens (tertiary/aromatic N) is 5. The fourth-order valence-electron chi connectivity index (χ4n) is 3.78. The number of carbonyl (C=O) groups excluding carboxylic acids is 1. The lowest BCUT2D eigenvalue weighted by molar-refractivity contribution is 0.0950. The van der Waals surface area contributed by atoms with E-state index in [2.05, 4.69) is 25.9 Å². The van der Waals surface area contributed by atoms with Crippen LogP contribution < -0.4 is 10.1 Å². The minimum absolute atomic E-state index is 0.188. The quantitative estimate of drug-likeness (QED) is 0.289. The van der Waals surface area contributed by atoms with Gasteiger partial charge < -0.3 is 10.1 Å². The van der Waals surface area contributed by atoms with Gasteiger partial charge in [0.25, 0.3) is 5.91 Å². The van der Waals surface area contributed by atoms with E-state index >= 15 is 0 Å². The molecule has 0 radical (unpaired) electrons. The Morgan fingerprint density at radius 3 is 2.41 bits per heavy atom. The van der Waals surface area contributed by atoms with Crippen LogP contribution in [0.1, 0.15) is 21.7 Å². The van der Waals surface area contributed by atoms with Crippen LogP contribution in [0.2, 0.25) is 10.0 Å². The largest absolute Gasteiger partial charge is 0.497 e. The zero-order valence-electron chi connectivity index (χ0n) is 19.7. The van der Waals surface area contributed by atoms with Crippen molar-refractivity contribution < 1.29 is 9.53 Å². The van der Waals surface area contributed by atoms with Crippen LogP contribution in [0.3, 0.4) is 0 Å². The number of hydrogen-bond acceptors (Lipinski definition) is 6. The third-order valence-electron chi connectivity index (χ3n) is 5.73. The van der Waals surface area contributed by atoms with Gasteiger partial charge in [-0.3, -0.25) is 9.48 Å². The molecule has 2 heterocycles. The molecular formula is C26H21Cl2N7O2. The van der Waals surface area contributed by atoms with Crippen LogP contribution in [0.15, 0.2) is 72.8 Å². The number of rotatable bonds is 8. The predicted molar refractivity (Wildman–Crippen MR) is 141 cm³/mol. The van der Waals surface area contributed by atoms with Crippen LogP contribution in [-0.2, 0) is 13.1 Å². The summed E-state index contributed by atoms with van der Waals surface area (Å²) in [7, 11) is 1.64. The van der Waals surface area contributed by atoms with Gasteiger partial charge in [0.2, 0.25) is 0 Å². The van der Waals surface area contributed by atoms with Crippen LogP contribution >= 0.6 is 23.2 Å². The number of aromatic nitrogens is 6. The van der Waals surface area contributed by atoms with E-state index < -0.39 is 0 Å². The number of ether oxygens (including phenoxy) is 1. The normalized spacial score (nSPS) is 10.9. The van der Waals surface area contributed by atoms with E-state index in [1.807, 2.05) is 53.2 Å². The van der Waals surface area contributed by atoms with E-state index in [9.17, 15) is 4.79 Å². The molecule has 2 aromatic heterocycles. The average molecular weight is 534 g/mol. The van der Waals surface area contributed by atoms with E-state index in [0.717, 1.165) is 33.8 Å². The van der Waals surface area contributed by atoms with Crippen molar-refractivity contribution in [1.29, 1.82) is 0 Å². The van der Waals surface area contributed by atoms with Gasteiger partial charge in [0.1, 0.15) is 5.75 Å². The molecule has 9 nitrogen and oxygen atoms in total. The van der Waals surface area contributed by atoms with Crippen LogP contribution in [0.25, 0.3) is 22.5 Å². The third-order valence-corrected chi connectivity index (χ3v) is 6.46. The van der Waals surface area contributed by atoms with Crippen molar-refractivity contribution in [2.45, 2.75) is 13.1 Å². The fourth-order valence-corrected chi connectivity index (χ4v) is 4.08. The van der Waals surface area contributed by atoms with Crippen LogP contribution in [0.5, 0.6) is 5.75 Å². The van der Waals surface area contributed by atoms with Crippen molar-refractivity contribution in [1.82, 2.24) is 35.7 Å². The number of H-pyrrole nitrogens is 1. The number of tetrazole rings is 1. The van der Waals surface area contributed by atoms with E-state index in [-0.39, 0.29) is 12.5 Å². The zero-order valence-corrected chi connectivity index (χ0v) is 21.2. The van der Waals surface area contributed by atoms with Crippen molar-refractivity contribution in [2.75, 3.05) is 7.11 Å². The minimum Gasteiger partial charge on any atom is -0.497 e. The monoisotopic (exact) mass is 533 g/mol. The Kier molecular flexibility index (Phi) is 7.16. The molecule has 5 aromatic rings. The molecule has 37 heavy (non-hydrogen) atoms. The van der Waals surface area contributed by atoms with Gasteiger partial charge in [-0.15, -0.1) is 10.2 Å². The summed E-state index contributed by atoms with van der Waals surface area (Å²) in [4.78, 5) is 12.5. The highest BCUT2D eigenvalue weighted by atomic mass is 35.5. The summed E-state index contributed by atoms with van der Waals surface area (Å²) in [6, 6.07) is 22.6. The number of hydrogen-bond donors (Lipinski definition) is 2. The van der Waals surface area contributed by atoms with Gasteiger partial charge in [0.05, 0.1) is 41.6 Å². The fraction of sp³-hybridized carbons (Fsp3) is 0.115. The Balaban J connectivity index is 1.40. The number of halogens is 2. The molecule has 0 bridgehead atoms. The minimum atomic E-state index is -0.226. The second kappa shape index (κ2) is 10.8. The summed E-state index contributed by atoms with van der Waals surface area (Å²) >= 11 is 12.4. The Labute approximate surface area is 222 Å². The molecule has 5 rings (SSSR count). The lowest BCUT2D eigenvalue weighted by atomic mass is 10.1. The number of benzene rings is 3. The van der Waals surface area contributed by atoms with Crippen molar-refractivity contribution in [3.8, 4) is 28.3 Å². The summed E-state index contributed by atoms with van der Waals surface area (Å²) in [6.07, 6.45) is 0. The molecule has 0 aliphatic heterocycles. The summed E-state index contributed by atoms with van der Waals surface area (Å²) < 4.78 is 7.23. The lowest BCUT2D eigenvalue weighted by Crippen LogP contribution is -2.23. The maximum atomic E-state index is 12.5. The first-order valence-electron chi connectivity index (χ1n) is 11.3. The van der Waals surface area contributed by atoms with E-state index in [1.54, 1.807) is 31.4 Å². The maximum Gasteiger partial charge on any atom is 0.251 e. The lowest BCUT2D eigenvalue weighted by Gasteiger charge is -2.09. The van der Waals surface area contributed by atoms with Crippen molar-refractivity contribution in [3.05, 3.63) is 99.8 Å². The van der Waals surface area contributed by atoms with Gasteiger partial charge in [0, 0.05) is 16.7 Å². The molecule has 0 saturated heterocycles. The Bertz CT molecular complexity index is 1520. The highest BCUT2D eigenvalue weighted by Crippen LogP contribution is 2.31. The Morgan fingerprint density at radius 1 is 0.973 bits per heavy atom. The zero-order chi connectivity index (χ0) is 25.8. The molecule has 0 fully saturated rings. The number of methoxy groups -OCH3 is 1. The number of carbonyl (C=O) groups is 1. The molecule has 0 unspecified atom stereocenters. The molecule has 186 valence electrons. The van der Waals surface area contributed by atoms with Crippen molar-refractivity contribution >= 4 is 29.1 Å². The molecule has 1 amide bonds. The van der Waals surface area contributed by atoms with E-state index in [4.69, 9.17) is 33.0 Å². The SMILES string of the molecule is COc1ccc(-c2cc(-c3ccc(Cl)c(Cl)c3)nn2Cc2ccc(C(=O)NCc3nn[nH]n3)cc2)cc1. The summed E-state index contributed by atoms with van der Waals surface area (Å²) in [6.45, 7) is 0.681. The molecule has 0 saturated carbocycles. The Morgan fingerprint density at radius 2 is 1.73 bits per heavy atom. The molecule has 2 N–H and O–H groups in total. The smallest absolute Gasteiger partial charge is 0.251 e. The first kappa shape index (κ1) is 24.5. The van der Waals surface area contributed by atoms with Crippen LogP contribution in [-0.4, -0.2) is 43.4 Å². The standard InChI is InChI=1S/C26H21Cl2N7O2/c1-37-20-9-6-17(7-10-20)24-13-23(19-8-11-21(27)22(28)12-19)32-35(24)15-16-2-4-18(5-3-16)26(36)29-14-25-30-33-34-31-25/h2-13H,14-15H2,1H3,(H,29,36)(H,30,31,33,34). The van der Waals surface area contributed by atoms with Gasteiger partial charge in [-0.05, 0) is 60.2 Å².